The number of benzene rings is 2. The van der Waals surface area contributed by atoms with Gasteiger partial charge in [0.1, 0.15) is 6.54 Å². The van der Waals surface area contributed by atoms with Crippen molar-refractivity contribution < 1.29 is 9.72 Å². The number of likely N-dealkylation sites (tertiary alicyclic amines) is 1. The zero-order valence-corrected chi connectivity index (χ0v) is 15.1. The summed E-state index contributed by atoms with van der Waals surface area (Å²) in [5.41, 5.74) is 2.12. The molecular weight excluding hydrogens is 328 g/mol. The number of quaternary nitrogens is 1. The zero-order valence-electron chi connectivity index (χ0n) is 15.1. The molecule has 5 nitrogen and oxygen atoms in total. The Kier molecular flexibility index (Phi) is 5.47. The van der Waals surface area contributed by atoms with Gasteiger partial charge >= 0.3 is 5.69 Å². The van der Waals surface area contributed by atoms with Crippen LogP contribution in [0, 0.1) is 16.0 Å². The highest BCUT2D eigenvalue weighted by molar-refractivity contribution is 5.80. The first-order valence-electron chi connectivity index (χ1n) is 9.14. The maximum absolute atomic E-state index is 12.0. The van der Waals surface area contributed by atoms with E-state index >= 15 is 0 Å². The van der Waals surface area contributed by atoms with Gasteiger partial charge in [-0.1, -0.05) is 42.5 Å². The summed E-state index contributed by atoms with van der Waals surface area (Å²) in [5.74, 6) is 0.628. The van der Waals surface area contributed by atoms with Crippen LogP contribution in [-0.4, -0.2) is 30.3 Å². The monoisotopic (exact) mass is 353 g/mol. The fraction of sp³-hybridized carbons (Fsp3) is 0.381. The van der Waals surface area contributed by atoms with Crippen molar-refractivity contribution in [3.8, 4) is 0 Å². The van der Waals surface area contributed by atoms with Gasteiger partial charge in [0.15, 0.2) is 5.78 Å². The molecule has 1 fully saturated rings. The second kappa shape index (κ2) is 7.79. The number of ketones is 1. The van der Waals surface area contributed by atoms with Crippen molar-refractivity contribution in [2.24, 2.45) is 5.92 Å². The Morgan fingerprint density at radius 3 is 2.31 bits per heavy atom. The van der Waals surface area contributed by atoms with Gasteiger partial charge in [-0.3, -0.25) is 19.4 Å². The van der Waals surface area contributed by atoms with Crippen LogP contribution in [0.4, 0.5) is 11.4 Å². The summed E-state index contributed by atoms with van der Waals surface area (Å²) in [5, 5.41) is 11.5. The van der Waals surface area contributed by atoms with E-state index in [0.717, 1.165) is 32.4 Å². The molecule has 0 radical (unpaired) electrons. The lowest BCUT2D eigenvalue weighted by Gasteiger charge is -2.42. The predicted octanol–water partition coefficient (Wildman–Crippen LogP) is 4.14. The Morgan fingerprint density at radius 2 is 1.69 bits per heavy atom. The lowest BCUT2D eigenvalue weighted by atomic mass is 9.88. The number of para-hydroxylation sites is 2. The molecule has 136 valence electrons. The van der Waals surface area contributed by atoms with E-state index in [-0.39, 0.29) is 16.4 Å². The van der Waals surface area contributed by atoms with Gasteiger partial charge in [0, 0.05) is 31.9 Å². The van der Waals surface area contributed by atoms with Gasteiger partial charge in [0.05, 0.1) is 18.0 Å². The lowest BCUT2D eigenvalue weighted by molar-refractivity contribution is -0.384. The topological polar surface area (TPSA) is 60.2 Å². The first-order chi connectivity index (χ1) is 12.5. The zero-order chi connectivity index (χ0) is 18.6. The highest BCUT2D eigenvalue weighted by Crippen LogP contribution is 2.38. The lowest BCUT2D eigenvalue weighted by Crippen LogP contribution is -2.57. The molecule has 0 aromatic heterocycles. The largest absolute Gasteiger partial charge is 0.329 e. The normalized spacial score (nSPS) is 22.7. The van der Waals surface area contributed by atoms with Gasteiger partial charge in [-0.05, 0) is 17.9 Å². The van der Waals surface area contributed by atoms with Crippen LogP contribution >= 0.6 is 0 Å². The third-order valence-corrected chi connectivity index (χ3v) is 5.41. The molecule has 5 heteroatoms. The highest BCUT2D eigenvalue weighted by atomic mass is 16.6. The molecule has 0 aliphatic carbocycles. The standard InChI is InChI=1S/C21H25N2O3/c1-17(24)16-23(21-10-6-5-9-20(21)22(25)26)13-11-19(12-14-23)15-18-7-3-2-4-8-18/h2-10,19H,11-16H2,1H3/q+1. The number of carbonyl (C=O) groups excluding carboxylic acids is 1. The number of piperidine rings is 1. The van der Waals surface area contributed by atoms with Crippen LogP contribution in [0.15, 0.2) is 54.6 Å². The minimum Gasteiger partial charge on any atom is -0.294 e. The highest BCUT2D eigenvalue weighted by Gasteiger charge is 2.41. The van der Waals surface area contributed by atoms with Crippen LogP contribution < -0.4 is 4.48 Å². The molecule has 0 spiro atoms. The minimum absolute atomic E-state index is 0.0738. The van der Waals surface area contributed by atoms with E-state index in [0.29, 0.717) is 22.6 Å². The van der Waals surface area contributed by atoms with E-state index in [1.807, 2.05) is 18.2 Å². The molecule has 0 amide bonds. The van der Waals surface area contributed by atoms with E-state index in [2.05, 4.69) is 24.3 Å². The van der Waals surface area contributed by atoms with Crippen molar-refractivity contribution >= 4 is 17.2 Å². The van der Waals surface area contributed by atoms with Gasteiger partial charge in [0.2, 0.25) is 5.69 Å². The second-order valence-corrected chi connectivity index (χ2v) is 7.33. The molecule has 1 saturated heterocycles. The number of nitro benzene ring substituents is 1. The van der Waals surface area contributed by atoms with Crippen molar-refractivity contribution in [3.05, 3.63) is 70.3 Å². The van der Waals surface area contributed by atoms with Crippen LogP contribution in [0.1, 0.15) is 25.3 Å². The minimum atomic E-state index is -0.328. The third-order valence-electron chi connectivity index (χ3n) is 5.41. The Hall–Kier alpha value is -2.53. The Morgan fingerprint density at radius 1 is 1.08 bits per heavy atom. The molecule has 0 saturated carbocycles. The molecule has 0 bridgehead atoms. The second-order valence-electron chi connectivity index (χ2n) is 7.33. The molecule has 0 N–H and O–H groups in total. The van der Waals surface area contributed by atoms with Crippen molar-refractivity contribution in [1.29, 1.82) is 0 Å². The maximum atomic E-state index is 12.0. The van der Waals surface area contributed by atoms with E-state index in [1.165, 1.54) is 5.56 Å². The molecule has 0 atom stereocenters. The molecule has 1 aliphatic rings. The maximum Gasteiger partial charge on any atom is 0.329 e. The van der Waals surface area contributed by atoms with Gasteiger partial charge in [-0.25, -0.2) is 0 Å². The number of carbonyl (C=O) groups is 1. The van der Waals surface area contributed by atoms with Gasteiger partial charge in [-0.15, -0.1) is 0 Å². The number of nitrogens with zero attached hydrogens (tertiary/aromatic N) is 2. The number of rotatable bonds is 6. The summed E-state index contributed by atoms with van der Waals surface area (Å²) in [4.78, 5) is 23.1. The van der Waals surface area contributed by atoms with Gasteiger partial charge in [0.25, 0.3) is 0 Å². The van der Waals surface area contributed by atoms with Crippen LogP contribution in [-0.2, 0) is 11.2 Å². The molecule has 1 aliphatic heterocycles. The van der Waals surface area contributed by atoms with E-state index in [1.54, 1.807) is 19.1 Å². The van der Waals surface area contributed by atoms with Gasteiger partial charge < -0.3 is 0 Å². The number of nitro groups is 1. The average molecular weight is 353 g/mol. The van der Waals surface area contributed by atoms with E-state index in [9.17, 15) is 14.9 Å². The first-order valence-corrected chi connectivity index (χ1v) is 9.14. The van der Waals surface area contributed by atoms with Gasteiger partial charge in [-0.2, -0.15) is 0 Å². The van der Waals surface area contributed by atoms with Crippen molar-refractivity contribution in [3.63, 3.8) is 0 Å². The molecule has 0 unspecified atom stereocenters. The number of hydrogen-bond acceptors (Lipinski definition) is 3. The number of Topliss-reactive ketones (excluding diaryl/α,β-unsaturated/α-hetero) is 1. The fourth-order valence-corrected chi connectivity index (χ4v) is 4.20. The molecule has 2 aromatic rings. The predicted molar refractivity (Wildman–Crippen MR) is 103 cm³/mol. The Balaban J connectivity index is 1.83. The summed E-state index contributed by atoms with van der Waals surface area (Å²) >= 11 is 0. The SMILES string of the molecule is CC(=O)C[N+]1(c2ccccc2[N+](=O)[O-])CCC(Cc2ccccc2)CC1. The molecule has 26 heavy (non-hydrogen) atoms. The van der Waals surface area contributed by atoms with E-state index in [4.69, 9.17) is 0 Å². The van der Waals surface area contributed by atoms with Crippen molar-refractivity contribution in [1.82, 2.24) is 4.48 Å². The smallest absolute Gasteiger partial charge is 0.294 e. The summed E-state index contributed by atoms with van der Waals surface area (Å²) in [6.45, 7) is 3.43. The Bertz CT molecular complexity index is 781. The third kappa shape index (κ3) is 3.99. The van der Waals surface area contributed by atoms with Crippen molar-refractivity contribution in [2.75, 3.05) is 19.6 Å². The van der Waals surface area contributed by atoms with Crippen LogP contribution in [0.5, 0.6) is 0 Å². The quantitative estimate of drug-likeness (QED) is 0.445. The summed E-state index contributed by atoms with van der Waals surface area (Å²) in [7, 11) is 0. The summed E-state index contributed by atoms with van der Waals surface area (Å²) < 4.78 is 0.401. The summed E-state index contributed by atoms with van der Waals surface area (Å²) in [6, 6.07) is 17.3. The average Bonchev–Trinajstić information content (AvgIpc) is 2.64. The fourth-order valence-electron chi connectivity index (χ4n) is 4.20. The van der Waals surface area contributed by atoms with Crippen molar-refractivity contribution in [2.45, 2.75) is 26.2 Å². The molecular formula is C21H25N2O3+. The van der Waals surface area contributed by atoms with Crippen LogP contribution in [0.3, 0.4) is 0 Å². The van der Waals surface area contributed by atoms with E-state index < -0.39 is 0 Å². The molecule has 3 rings (SSSR count). The van der Waals surface area contributed by atoms with Crippen LogP contribution in [0.2, 0.25) is 0 Å². The molecule has 2 aromatic carbocycles. The molecule has 1 heterocycles. The number of hydrogen-bond donors (Lipinski definition) is 0. The van der Waals surface area contributed by atoms with Crippen LogP contribution in [0.25, 0.3) is 0 Å². The summed E-state index contributed by atoms with van der Waals surface area (Å²) in [6.07, 6.45) is 2.96. The Labute approximate surface area is 154 Å². The first kappa shape index (κ1) is 18.3.